The highest BCUT2D eigenvalue weighted by atomic mass is 32.1. The van der Waals surface area contributed by atoms with Crippen LogP contribution in [0.3, 0.4) is 0 Å². The normalized spacial score (nSPS) is 13.1. The van der Waals surface area contributed by atoms with E-state index >= 15 is 0 Å². The topological polar surface area (TPSA) is 66.4 Å². The van der Waals surface area contributed by atoms with Crippen LogP contribution in [0.1, 0.15) is 26.3 Å². The van der Waals surface area contributed by atoms with Gasteiger partial charge in [-0.2, -0.15) is 11.3 Å². The van der Waals surface area contributed by atoms with Gasteiger partial charge in [-0.25, -0.2) is 4.79 Å². The minimum Gasteiger partial charge on any atom is -0.480 e. The van der Waals surface area contributed by atoms with Gasteiger partial charge in [0.2, 0.25) is 5.91 Å². The summed E-state index contributed by atoms with van der Waals surface area (Å²) in [7, 11) is 0. The number of aliphatic carboxylic acids is 1. The van der Waals surface area contributed by atoms with Crippen LogP contribution in [0, 0.1) is 5.41 Å². The van der Waals surface area contributed by atoms with Gasteiger partial charge in [-0.05, 0) is 27.8 Å². The number of hydrogen-bond donors (Lipinski definition) is 2. The van der Waals surface area contributed by atoms with Gasteiger partial charge in [-0.1, -0.05) is 20.8 Å². The second kappa shape index (κ2) is 5.31. The molecule has 1 aromatic rings. The molecule has 0 spiro atoms. The third-order valence-electron chi connectivity index (χ3n) is 2.36. The molecule has 4 nitrogen and oxygen atoms in total. The molecule has 0 aliphatic rings. The number of carbonyl (C=O) groups is 2. The van der Waals surface area contributed by atoms with Crippen LogP contribution in [0.2, 0.25) is 0 Å². The van der Waals surface area contributed by atoms with Crippen LogP contribution < -0.4 is 5.32 Å². The Morgan fingerprint density at radius 2 is 2.12 bits per heavy atom. The van der Waals surface area contributed by atoms with Crippen molar-refractivity contribution in [3.8, 4) is 0 Å². The quantitative estimate of drug-likeness (QED) is 0.863. The van der Waals surface area contributed by atoms with Gasteiger partial charge in [0.15, 0.2) is 0 Å². The van der Waals surface area contributed by atoms with Crippen LogP contribution in [-0.4, -0.2) is 23.0 Å². The molecule has 0 aliphatic heterocycles. The average Bonchev–Trinajstić information content (AvgIpc) is 2.64. The molecule has 17 heavy (non-hydrogen) atoms. The predicted octanol–water partition coefficient (Wildman–Crippen LogP) is 1.91. The molecule has 0 saturated heterocycles. The zero-order chi connectivity index (χ0) is 13.1. The van der Waals surface area contributed by atoms with E-state index in [1.54, 1.807) is 20.8 Å². The number of carbonyl (C=O) groups excluding carboxylic acids is 1. The van der Waals surface area contributed by atoms with E-state index in [2.05, 4.69) is 5.32 Å². The minimum atomic E-state index is -1.00. The van der Waals surface area contributed by atoms with Crippen LogP contribution in [0.25, 0.3) is 0 Å². The summed E-state index contributed by atoms with van der Waals surface area (Å²) in [6.45, 7) is 5.37. The molecular weight excluding hydrogens is 238 g/mol. The Hall–Kier alpha value is -1.36. The smallest absolute Gasteiger partial charge is 0.326 e. The largest absolute Gasteiger partial charge is 0.480 e. The van der Waals surface area contributed by atoms with E-state index in [0.717, 1.165) is 5.56 Å². The fraction of sp³-hybridized carbons (Fsp3) is 0.500. The second-order valence-electron chi connectivity index (χ2n) is 5.01. The van der Waals surface area contributed by atoms with E-state index < -0.39 is 17.4 Å². The maximum absolute atomic E-state index is 11.7. The van der Waals surface area contributed by atoms with Crippen molar-refractivity contribution in [1.82, 2.24) is 5.32 Å². The Balaban J connectivity index is 2.62. The average molecular weight is 255 g/mol. The Kier molecular flexibility index (Phi) is 4.28. The number of carboxylic acids is 1. The number of rotatable bonds is 4. The molecule has 0 aliphatic carbocycles. The summed E-state index contributed by atoms with van der Waals surface area (Å²) in [6.07, 6.45) is 0.226. The van der Waals surface area contributed by atoms with E-state index in [1.807, 2.05) is 16.8 Å². The number of hydrogen-bond acceptors (Lipinski definition) is 3. The molecule has 1 heterocycles. The van der Waals surface area contributed by atoms with Crippen molar-refractivity contribution in [2.24, 2.45) is 5.41 Å². The Labute approximate surface area is 105 Å². The number of amides is 1. The van der Waals surface area contributed by atoms with Gasteiger partial charge in [-0.3, -0.25) is 4.79 Å². The van der Waals surface area contributed by atoms with Gasteiger partial charge < -0.3 is 10.4 Å². The van der Waals surface area contributed by atoms with Crippen LogP contribution >= 0.6 is 11.3 Å². The molecule has 0 unspecified atom stereocenters. The summed E-state index contributed by atoms with van der Waals surface area (Å²) >= 11 is 1.52. The molecule has 1 aromatic heterocycles. The summed E-state index contributed by atoms with van der Waals surface area (Å²) in [4.78, 5) is 22.8. The highest BCUT2D eigenvalue weighted by Crippen LogP contribution is 2.19. The molecule has 94 valence electrons. The molecule has 0 aromatic carbocycles. The molecule has 1 amide bonds. The van der Waals surface area contributed by atoms with Crippen molar-refractivity contribution < 1.29 is 14.7 Å². The predicted molar refractivity (Wildman–Crippen MR) is 67.0 cm³/mol. The van der Waals surface area contributed by atoms with Crippen LogP contribution in [-0.2, 0) is 16.0 Å². The molecule has 0 radical (unpaired) electrons. The van der Waals surface area contributed by atoms with E-state index in [1.165, 1.54) is 11.3 Å². The fourth-order valence-corrected chi connectivity index (χ4v) is 2.11. The molecule has 0 fully saturated rings. The third kappa shape index (κ3) is 4.19. The van der Waals surface area contributed by atoms with Gasteiger partial charge in [0, 0.05) is 0 Å². The van der Waals surface area contributed by atoms with Gasteiger partial charge >= 0.3 is 5.97 Å². The van der Waals surface area contributed by atoms with Crippen LogP contribution in [0.5, 0.6) is 0 Å². The molecule has 0 saturated carbocycles. The summed E-state index contributed by atoms with van der Waals surface area (Å²) in [6, 6.07) is 0.991. The van der Waals surface area contributed by atoms with Crippen LogP contribution in [0.15, 0.2) is 16.8 Å². The lowest BCUT2D eigenvalue weighted by Gasteiger charge is -2.27. The summed E-state index contributed by atoms with van der Waals surface area (Å²) < 4.78 is 0. The van der Waals surface area contributed by atoms with E-state index in [-0.39, 0.29) is 12.3 Å². The fourth-order valence-electron chi connectivity index (χ4n) is 1.44. The van der Waals surface area contributed by atoms with Crippen molar-refractivity contribution in [2.75, 3.05) is 0 Å². The second-order valence-corrected chi connectivity index (χ2v) is 5.79. The third-order valence-corrected chi connectivity index (χ3v) is 3.10. The first-order valence-corrected chi connectivity index (χ1v) is 6.28. The zero-order valence-corrected chi connectivity index (χ0v) is 11.0. The first-order chi connectivity index (χ1) is 7.80. The Bertz CT molecular complexity index is 392. The molecule has 1 rings (SSSR count). The molecule has 1 atom stereocenters. The van der Waals surface area contributed by atoms with Crippen molar-refractivity contribution in [3.05, 3.63) is 22.4 Å². The zero-order valence-electron chi connectivity index (χ0n) is 10.2. The van der Waals surface area contributed by atoms with Crippen LogP contribution in [0.4, 0.5) is 0 Å². The van der Waals surface area contributed by atoms with Crippen molar-refractivity contribution in [1.29, 1.82) is 0 Å². The molecule has 5 heteroatoms. The lowest BCUT2D eigenvalue weighted by atomic mass is 9.86. The summed E-state index contributed by atoms with van der Waals surface area (Å²) in [5, 5.41) is 15.4. The summed E-state index contributed by atoms with van der Waals surface area (Å²) in [5.41, 5.74) is 0.404. The highest BCUT2D eigenvalue weighted by molar-refractivity contribution is 7.07. The number of carboxylic acid groups (broad SMARTS) is 1. The van der Waals surface area contributed by atoms with E-state index in [9.17, 15) is 9.59 Å². The standard InChI is InChI=1S/C12H17NO3S/c1-12(2,3)10(11(15)16)13-9(14)6-8-4-5-17-7-8/h4-5,7,10H,6H2,1-3H3,(H,13,14)(H,15,16)/t10-/m1/s1. The Morgan fingerprint density at radius 3 is 2.53 bits per heavy atom. The van der Waals surface area contributed by atoms with Gasteiger partial charge in [-0.15, -0.1) is 0 Å². The Morgan fingerprint density at radius 1 is 1.47 bits per heavy atom. The first-order valence-electron chi connectivity index (χ1n) is 5.34. The molecular formula is C12H17NO3S. The highest BCUT2D eigenvalue weighted by Gasteiger charge is 2.32. The molecule has 0 bridgehead atoms. The van der Waals surface area contributed by atoms with Gasteiger partial charge in [0.1, 0.15) is 6.04 Å². The minimum absolute atomic E-state index is 0.226. The SMILES string of the molecule is CC(C)(C)[C@H](NC(=O)Cc1ccsc1)C(=O)O. The monoisotopic (exact) mass is 255 g/mol. The van der Waals surface area contributed by atoms with Crippen molar-refractivity contribution in [2.45, 2.75) is 33.2 Å². The van der Waals surface area contributed by atoms with E-state index in [4.69, 9.17) is 5.11 Å². The lowest BCUT2D eigenvalue weighted by Crippen LogP contribution is -2.49. The lowest BCUT2D eigenvalue weighted by molar-refractivity contribution is -0.144. The molecule has 2 N–H and O–H groups in total. The van der Waals surface area contributed by atoms with E-state index in [0.29, 0.717) is 0 Å². The number of nitrogens with one attached hydrogen (secondary N) is 1. The van der Waals surface area contributed by atoms with Gasteiger partial charge in [0.25, 0.3) is 0 Å². The number of thiophene rings is 1. The first kappa shape index (κ1) is 13.7. The van der Waals surface area contributed by atoms with Crippen molar-refractivity contribution >= 4 is 23.2 Å². The van der Waals surface area contributed by atoms with Gasteiger partial charge in [0.05, 0.1) is 6.42 Å². The maximum Gasteiger partial charge on any atom is 0.326 e. The maximum atomic E-state index is 11.7. The van der Waals surface area contributed by atoms with Crippen molar-refractivity contribution in [3.63, 3.8) is 0 Å². The summed E-state index contributed by atoms with van der Waals surface area (Å²) in [5.74, 6) is -1.26.